The summed E-state index contributed by atoms with van der Waals surface area (Å²) in [5.41, 5.74) is 7.19. The van der Waals surface area contributed by atoms with E-state index in [1.807, 2.05) is 66.7 Å². The molecule has 0 aliphatic heterocycles. The second-order valence-corrected chi connectivity index (χ2v) is 8.30. The molecule has 0 amide bonds. The van der Waals surface area contributed by atoms with Gasteiger partial charge in [0.15, 0.2) is 0 Å². The van der Waals surface area contributed by atoms with Gasteiger partial charge in [-0.2, -0.15) is 0 Å². The minimum atomic E-state index is -1.56. The zero-order chi connectivity index (χ0) is 23.1. The number of fused-ring (bicyclic) bond motifs is 3. The summed E-state index contributed by atoms with van der Waals surface area (Å²) < 4.78 is 2.18. The predicted octanol–water partition coefficient (Wildman–Crippen LogP) is 5.19. The lowest BCUT2D eigenvalue weighted by Gasteiger charge is -2.13. The zero-order valence-electron chi connectivity index (χ0n) is 18.3. The normalized spacial score (nSPS) is 11.2. The molecule has 0 unspecified atom stereocenters. The maximum Gasteiger partial charge on any atom is 0.489 e. The molecule has 4 aromatic carbocycles. The average molecular weight is 440 g/mol. The molecule has 0 aliphatic carbocycles. The lowest BCUT2D eigenvalue weighted by atomic mass is 9.77. The lowest BCUT2D eigenvalue weighted by molar-refractivity contribution is 0.426. The van der Waals surface area contributed by atoms with E-state index in [0.29, 0.717) is 5.46 Å². The van der Waals surface area contributed by atoms with Crippen LogP contribution in [0.15, 0.2) is 115 Å². The molecule has 4 nitrogen and oxygen atoms in total. The van der Waals surface area contributed by atoms with Crippen LogP contribution in [0.25, 0.3) is 50.0 Å². The van der Waals surface area contributed by atoms with Crippen LogP contribution in [0.2, 0.25) is 0 Å². The van der Waals surface area contributed by atoms with Crippen molar-refractivity contribution in [2.45, 2.75) is 0 Å². The van der Waals surface area contributed by atoms with Crippen LogP contribution in [0.5, 0.6) is 0 Å². The van der Waals surface area contributed by atoms with Gasteiger partial charge in [0.05, 0.1) is 28.1 Å². The van der Waals surface area contributed by atoms with Crippen LogP contribution >= 0.6 is 0 Å². The van der Waals surface area contributed by atoms with E-state index in [0.717, 1.165) is 50.0 Å². The van der Waals surface area contributed by atoms with E-state index in [9.17, 15) is 10.0 Å². The Balaban J connectivity index is 1.71. The number of hydrogen-bond acceptors (Lipinski definition) is 3. The van der Waals surface area contributed by atoms with Crippen LogP contribution in [-0.2, 0) is 0 Å². The molecule has 0 saturated heterocycles. The van der Waals surface area contributed by atoms with Gasteiger partial charge in [0.2, 0.25) is 0 Å². The molecule has 162 valence electrons. The Morgan fingerprint density at radius 1 is 0.588 bits per heavy atom. The summed E-state index contributed by atoms with van der Waals surface area (Å²) in [6.45, 7) is 0. The SMILES string of the molecule is OB(O)c1cccc2c1c1ccccc1n2-c1cc(-c2ccccc2)nc(-c2ccccc2)c1. The quantitative estimate of drug-likeness (QED) is 0.371. The summed E-state index contributed by atoms with van der Waals surface area (Å²) >= 11 is 0. The summed E-state index contributed by atoms with van der Waals surface area (Å²) in [6.07, 6.45) is 0. The topological polar surface area (TPSA) is 58.3 Å². The first kappa shape index (κ1) is 20.4. The van der Waals surface area contributed by atoms with Gasteiger partial charge in [0.25, 0.3) is 0 Å². The third-order valence-electron chi connectivity index (χ3n) is 6.22. The lowest BCUT2D eigenvalue weighted by Crippen LogP contribution is -2.30. The third-order valence-corrected chi connectivity index (χ3v) is 6.22. The van der Waals surface area contributed by atoms with E-state index in [1.165, 1.54) is 0 Å². The van der Waals surface area contributed by atoms with Gasteiger partial charge < -0.3 is 14.6 Å². The van der Waals surface area contributed by atoms with E-state index in [4.69, 9.17) is 4.98 Å². The fraction of sp³-hybridized carbons (Fsp3) is 0. The summed E-state index contributed by atoms with van der Waals surface area (Å²) in [5.74, 6) is 0. The van der Waals surface area contributed by atoms with Gasteiger partial charge in [-0.1, -0.05) is 91.0 Å². The Morgan fingerprint density at radius 2 is 1.15 bits per heavy atom. The molecule has 6 rings (SSSR count). The van der Waals surface area contributed by atoms with Crippen molar-refractivity contribution in [1.82, 2.24) is 9.55 Å². The van der Waals surface area contributed by atoms with E-state index < -0.39 is 7.12 Å². The Hall–Kier alpha value is -4.19. The molecule has 0 spiro atoms. The first-order valence-electron chi connectivity index (χ1n) is 11.2. The van der Waals surface area contributed by atoms with Crippen molar-refractivity contribution >= 4 is 34.4 Å². The monoisotopic (exact) mass is 440 g/mol. The molecule has 6 aromatic rings. The first-order valence-corrected chi connectivity index (χ1v) is 11.2. The fourth-order valence-corrected chi connectivity index (χ4v) is 4.70. The molecular weight excluding hydrogens is 419 g/mol. The molecule has 5 heteroatoms. The van der Waals surface area contributed by atoms with Crippen LogP contribution in [0.4, 0.5) is 0 Å². The number of para-hydroxylation sites is 1. The zero-order valence-corrected chi connectivity index (χ0v) is 18.3. The fourth-order valence-electron chi connectivity index (χ4n) is 4.70. The van der Waals surface area contributed by atoms with Crippen molar-refractivity contribution in [3.8, 4) is 28.2 Å². The Morgan fingerprint density at radius 3 is 1.76 bits per heavy atom. The standard InChI is InChI=1S/C29H21BN2O2/c33-30(34)24-15-9-17-28-29(24)23-14-7-8-16-27(23)32(28)22-18-25(20-10-3-1-4-11-20)31-26(19-22)21-12-5-2-6-13-21/h1-19,33-34H. The maximum atomic E-state index is 10.1. The average Bonchev–Trinajstić information content (AvgIpc) is 3.24. The van der Waals surface area contributed by atoms with Crippen molar-refractivity contribution in [2.75, 3.05) is 0 Å². The van der Waals surface area contributed by atoms with E-state index in [-0.39, 0.29) is 0 Å². The number of nitrogens with zero attached hydrogens (tertiary/aromatic N) is 2. The van der Waals surface area contributed by atoms with Crippen molar-refractivity contribution in [3.05, 3.63) is 115 Å². The smallest absolute Gasteiger partial charge is 0.423 e. The molecule has 0 fully saturated rings. The van der Waals surface area contributed by atoms with E-state index in [1.54, 1.807) is 6.07 Å². The maximum absolute atomic E-state index is 10.1. The molecular formula is C29H21BN2O2. The summed E-state index contributed by atoms with van der Waals surface area (Å²) in [7, 11) is -1.56. The number of aromatic nitrogens is 2. The van der Waals surface area contributed by atoms with E-state index in [2.05, 4.69) is 47.0 Å². The second kappa shape index (κ2) is 8.30. The van der Waals surface area contributed by atoms with E-state index >= 15 is 0 Å². The molecule has 2 aromatic heterocycles. The molecule has 0 saturated carbocycles. The summed E-state index contributed by atoms with van der Waals surface area (Å²) in [6, 6.07) is 38.2. The predicted molar refractivity (Wildman–Crippen MR) is 139 cm³/mol. The van der Waals surface area contributed by atoms with Crippen molar-refractivity contribution < 1.29 is 10.0 Å². The largest absolute Gasteiger partial charge is 0.489 e. The highest BCUT2D eigenvalue weighted by molar-refractivity contribution is 6.63. The summed E-state index contributed by atoms with van der Waals surface area (Å²) in [5, 5.41) is 22.0. The Bertz CT molecular complexity index is 1570. The number of pyridine rings is 1. The molecule has 2 N–H and O–H groups in total. The van der Waals surface area contributed by atoms with Gasteiger partial charge in [-0.25, -0.2) is 4.98 Å². The highest BCUT2D eigenvalue weighted by Crippen LogP contribution is 2.34. The Labute approximate surface area is 197 Å². The molecule has 34 heavy (non-hydrogen) atoms. The summed E-state index contributed by atoms with van der Waals surface area (Å²) in [4.78, 5) is 5.00. The molecule has 0 radical (unpaired) electrons. The van der Waals surface area contributed by atoms with Crippen molar-refractivity contribution in [2.24, 2.45) is 0 Å². The second-order valence-electron chi connectivity index (χ2n) is 8.30. The molecule has 0 aliphatic rings. The number of rotatable bonds is 4. The van der Waals surface area contributed by atoms with Crippen LogP contribution in [0.1, 0.15) is 0 Å². The first-order chi connectivity index (χ1) is 16.7. The number of benzene rings is 4. The highest BCUT2D eigenvalue weighted by atomic mass is 16.4. The van der Waals surface area contributed by atoms with Crippen LogP contribution < -0.4 is 5.46 Å². The van der Waals surface area contributed by atoms with Crippen molar-refractivity contribution in [1.29, 1.82) is 0 Å². The van der Waals surface area contributed by atoms with Crippen molar-refractivity contribution in [3.63, 3.8) is 0 Å². The van der Waals surface area contributed by atoms with Gasteiger partial charge >= 0.3 is 7.12 Å². The van der Waals surface area contributed by atoms with Gasteiger partial charge in [0.1, 0.15) is 0 Å². The van der Waals surface area contributed by atoms with Gasteiger partial charge in [-0.3, -0.25) is 0 Å². The minimum Gasteiger partial charge on any atom is -0.423 e. The van der Waals surface area contributed by atoms with Crippen LogP contribution in [-0.4, -0.2) is 26.7 Å². The van der Waals surface area contributed by atoms with Gasteiger partial charge in [-0.05, 0) is 29.7 Å². The minimum absolute atomic E-state index is 0.494. The van der Waals surface area contributed by atoms with Crippen LogP contribution in [0, 0.1) is 0 Å². The molecule has 2 heterocycles. The number of hydrogen-bond donors (Lipinski definition) is 2. The van der Waals surface area contributed by atoms with Gasteiger partial charge in [0, 0.05) is 21.9 Å². The van der Waals surface area contributed by atoms with Gasteiger partial charge in [-0.15, -0.1) is 0 Å². The Kier molecular flexibility index (Phi) is 4.99. The third kappa shape index (κ3) is 3.39. The van der Waals surface area contributed by atoms with Crippen LogP contribution in [0.3, 0.4) is 0 Å². The molecule has 0 atom stereocenters. The molecule has 0 bridgehead atoms. The highest BCUT2D eigenvalue weighted by Gasteiger charge is 2.21.